The van der Waals surface area contributed by atoms with Crippen LogP contribution in [-0.4, -0.2) is 18.4 Å². The number of rotatable bonds is 4. The van der Waals surface area contributed by atoms with E-state index >= 15 is 0 Å². The van der Waals surface area contributed by atoms with Crippen molar-refractivity contribution in [2.24, 2.45) is 11.1 Å². The molecule has 100 valence electrons. The highest BCUT2D eigenvalue weighted by atomic mass is 16.5. The topological polar surface area (TPSA) is 52.3 Å². The van der Waals surface area contributed by atoms with Crippen LogP contribution in [0, 0.1) is 12.3 Å². The number of carbonyl (C=O) groups excluding carboxylic acids is 1. The highest BCUT2D eigenvalue weighted by Crippen LogP contribution is 2.35. The van der Waals surface area contributed by atoms with E-state index in [9.17, 15) is 4.79 Å². The molecule has 1 aromatic carbocycles. The lowest BCUT2D eigenvalue weighted by molar-refractivity contribution is 0.0731. The quantitative estimate of drug-likeness (QED) is 0.835. The number of Topliss-reactive ketones (excluding diaryl/α,β-unsaturated/α-hetero) is 1. The zero-order chi connectivity index (χ0) is 14.1. The largest absolute Gasteiger partial charge is 0.496 e. The van der Waals surface area contributed by atoms with E-state index in [0.29, 0.717) is 11.3 Å². The van der Waals surface area contributed by atoms with Gasteiger partial charge in [-0.1, -0.05) is 25.5 Å². The minimum absolute atomic E-state index is 0.00977. The van der Waals surface area contributed by atoms with Crippen molar-refractivity contribution in [2.45, 2.75) is 40.2 Å². The number of hydrogen-bond acceptors (Lipinski definition) is 3. The van der Waals surface area contributed by atoms with Gasteiger partial charge in [-0.15, -0.1) is 0 Å². The average molecular weight is 249 g/mol. The molecular weight excluding hydrogens is 226 g/mol. The molecule has 1 rings (SSSR count). The highest BCUT2D eigenvalue weighted by Gasteiger charge is 2.41. The molecule has 0 aliphatic carbocycles. The van der Waals surface area contributed by atoms with Gasteiger partial charge in [0.25, 0.3) is 0 Å². The van der Waals surface area contributed by atoms with E-state index in [4.69, 9.17) is 10.5 Å². The molecule has 0 bridgehead atoms. The van der Waals surface area contributed by atoms with Crippen LogP contribution >= 0.6 is 0 Å². The van der Waals surface area contributed by atoms with Crippen LogP contribution in [0.15, 0.2) is 18.2 Å². The zero-order valence-corrected chi connectivity index (χ0v) is 12.1. The van der Waals surface area contributed by atoms with Gasteiger partial charge >= 0.3 is 0 Å². The Morgan fingerprint density at radius 2 is 1.78 bits per heavy atom. The summed E-state index contributed by atoms with van der Waals surface area (Å²) in [7, 11) is 1.57. The van der Waals surface area contributed by atoms with E-state index < -0.39 is 11.0 Å². The van der Waals surface area contributed by atoms with Crippen molar-refractivity contribution < 1.29 is 9.53 Å². The fourth-order valence-electron chi connectivity index (χ4n) is 1.63. The van der Waals surface area contributed by atoms with E-state index in [1.807, 2.05) is 52.8 Å². The Hall–Kier alpha value is -1.35. The first-order valence-electron chi connectivity index (χ1n) is 6.09. The maximum atomic E-state index is 12.7. The molecule has 0 atom stereocenters. The van der Waals surface area contributed by atoms with Crippen molar-refractivity contribution in [2.75, 3.05) is 7.11 Å². The van der Waals surface area contributed by atoms with Crippen LogP contribution in [-0.2, 0) is 0 Å². The lowest BCUT2D eigenvalue weighted by atomic mass is 9.70. The second-order valence-electron chi connectivity index (χ2n) is 5.88. The maximum Gasteiger partial charge on any atom is 0.173 e. The molecule has 0 amide bonds. The summed E-state index contributed by atoms with van der Waals surface area (Å²) >= 11 is 0. The lowest BCUT2D eigenvalue weighted by Gasteiger charge is -2.37. The van der Waals surface area contributed by atoms with E-state index in [0.717, 1.165) is 5.56 Å². The molecule has 18 heavy (non-hydrogen) atoms. The van der Waals surface area contributed by atoms with Crippen LogP contribution < -0.4 is 10.5 Å². The molecule has 0 aliphatic rings. The highest BCUT2D eigenvalue weighted by molar-refractivity contribution is 6.03. The number of methoxy groups -OCH3 is 1. The van der Waals surface area contributed by atoms with Crippen LogP contribution in [0.2, 0.25) is 0 Å². The predicted octanol–water partition coefficient (Wildman–Crippen LogP) is 2.95. The second kappa shape index (κ2) is 4.73. The minimum Gasteiger partial charge on any atom is -0.496 e. The van der Waals surface area contributed by atoms with Crippen LogP contribution in [0.5, 0.6) is 5.75 Å². The number of ether oxygens (including phenoxy) is 1. The number of benzene rings is 1. The predicted molar refractivity (Wildman–Crippen MR) is 74.1 cm³/mol. The van der Waals surface area contributed by atoms with Crippen molar-refractivity contribution in [1.29, 1.82) is 0 Å². The Labute approximate surface area is 109 Å². The Morgan fingerprint density at radius 1 is 1.22 bits per heavy atom. The molecule has 0 unspecified atom stereocenters. The van der Waals surface area contributed by atoms with E-state index in [-0.39, 0.29) is 5.78 Å². The number of hydrogen-bond donors (Lipinski definition) is 1. The SMILES string of the molecule is COc1ccc(C)cc1C(=O)C(C)(C)C(C)(C)N. The van der Waals surface area contributed by atoms with Crippen LogP contribution in [0.1, 0.15) is 43.6 Å². The first kappa shape index (κ1) is 14.7. The van der Waals surface area contributed by atoms with Gasteiger partial charge in [0.15, 0.2) is 5.78 Å². The zero-order valence-electron chi connectivity index (χ0n) is 12.1. The smallest absolute Gasteiger partial charge is 0.173 e. The third kappa shape index (κ3) is 2.56. The molecule has 2 N–H and O–H groups in total. The first-order valence-corrected chi connectivity index (χ1v) is 6.09. The standard InChI is InChI=1S/C15H23NO2/c1-10-7-8-12(18-6)11(9-10)13(17)14(2,3)15(4,5)16/h7-9H,16H2,1-6H3. The van der Waals surface area contributed by atoms with E-state index in [1.165, 1.54) is 0 Å². The van der Waals surface area contributed by atoms with Gasteiger partial charge in [0, 0.05) is 11.0 Å². The third-order valence-corrected chi connectivity index (χ3v) is 3.78. The van der Waals surface area contributed by atoms with Gasteiger partial charge in [-0.2, -0.15) is 0 Å². The van der Waals surface area contributed by atoms with E-state index in [2.05, 4.69) is 0 Å². The molecule has 0 fully saturated rings. The molecule has 0 spiro atoms. The molecule has 0 saturated heterocycles. The maximum absolute atomic E-state index is 12.7. The minimum atomic E-state index is -0.659. The summed E-state index contributed by atoms with van der Waals surface area (Å²) in [6.07, 6.45) is 0. The summed E-state index contributed by atoms with van der Waals surface area (Å²) < 4.78 is 5.27. The summed E-state index contributed by atoms with van der Waals surface area (Å²) in [5.74, 6) is 0.610. The molecule has 0 heterocycles. The van der Waals surface area contributed by atoms with Crippen LogP contribution in [0.4, 0.5) is 0 Å². The second-order valence-corrected chi connectivity index (χ2v) is 5.88. The van der Waals surface area contributed by atoms with Gasteiger partial charge in [-0.05, 0) is 32.9 Å². The van der Waals surface area contributed by atoms with Gasteiger partial charge < -0.3 is 10.5 Å². The van der Waals surface area contributed by atoms with Gasteiger partial charge in [0.2, 0.25) is 0 Å². The van der Waals surface area contributed by atoms with Gasteiger partial charge in [0.1, 0.15) is 5.75 Å². The summed E-state index contributed by atoms with van der Waals surface area (Å²) in [5, 5.41) is 0. The molecular formula is C15H23NO2. The number of carbonyl (C=O) groups is 1. The molecule has 0 aromatic heterocycles. The van der Waals surface area contributed by atoms with Crippen molar-refractivity contribution in [3.63, 3.8) is 0 Å². The molecule has 0 saturated carbocycles. The fourth-order valence-corrected chi connectivity index (χ4v) is 1.63. The summed E-state index contributed by atoms with van der Waals surface area (Å²) in [6.45, 7) is 9.44. The lowest BCUT2D eigenvalue weighted by Crippen LogP contribution is -2.51. The third-order valence-electron chi connectivity index (χ3n) is 3.78. The first-order chi connectivity index (χ1) is 8.11. The Bertz CT molecular complexity index is 456. The monoisotopic (exact) mass is 249 g/mol. The molecule has 0 radical (unpaired) electrons. The van der Waals surface area contributed by atoms with Gasteiger partial charge in [-0.3, -0.25) is 4.79 Å². The fraction of sp³-hybridized carbons (Fsp3) is 0.533. The summed E-state index contributed by atoms with van der Waals surface area (Å²) in [4.78, 5) is 12.7. The van der Waals surface area contributed by atoms with Gasteiger partial charge in [-0.25, -0.2) is 0 Å². The average Bonchev–Trinajstić information content (AvgIpc) is 2.26. The molecule has 3 nitrogen and oxygen atoms in total. The van der Waals surface area contributed by atoms with Crippen LogP contribution in [0.3, 0.4) is 0 Å². The van der Waals surface area contributed by atoms with Crippen LogP contribution in [0.25, 0.3) is 0 Å². The molecule has 3 heteroatoms. The van der Waals surface area contributed by atoms with E-state index in [1.54, 1.807) is 7.11 Å². The Balaban J connectivity index is 3.31. The normalized spacial score (nSPS) is 12.4. The number of ketones is 1. The Morgan fingerprint density at radius 3 is 2.22 bits per heavy atom. The molecule has 1 aromatic rings. The summed E-state index contributed by atoms with van der Waals surface area (Å²) in [6, 6.07) is 5.60. The van der Waals surface area contributed by atoms with Gasteiger partial charge in [0.05, 0.1) is 12.7 Å². The number of aryl methyl sites for hydroxylation is 1. The number of nitrogens with two attached hydrogens (primary N) is 1. The van der Waals surface area contributed by atoms with Crippen molar-refractivity contribution >= 4 is 5.78 Å². The molecule has 0 aliphatic heterocycles. The van der Waals surface area contributed by atoms with Crippen molar-refractivity contribution in [1.82, 2.24) is 0 Å². The Kier molecular flexibility index (Phi) is 3.86. The van der Waals surface area contributed by atoms with Crippen molar-refractivity contribution in [3.05, 3.63) is 29.3 Å². The van der Waals surface area contributed by atoms with Crippen molar-refractivity contribution in [3.8, 4) is 5.75 Å². The summed E-state index contributed by atoms with van der Waals surface area (Å²) in [5.41, 5.74) is 6.49.